The van der Waals surface area contributed by atoms with E-state index in [0.717, 1.165) is 38.5 Å². The van der Waals surface area contributed by atoms with Crippen molar-refractivity contribution in [3.63, 3.8) is 0 Å². The lowest BCUT2D eigenvalue weighted by Crippen LogP contribution is -2.58. The van der Waals surface area contributed by atoms with Crippen LogP contribution in [0.1, 0.15) is 103 Å². The molecule has 0 spiro atoms. The Bertz CT molecular complexity index is 1210. The Morgan fingerprint density at radius 3 is 2.62 bits per heavy atom. The number of aliphatic hydroxyl groups is 2. The van der Waals surface area contributed by atoms with Crippen molar-refractivity contribution in [1.29, 1.82) is 0 Å². The zero-order chi connectivity index (χ0) is 29.0. The quantitative estimate of drug-likeness (QED) is 0.291. The van der Waals surface area contributed by atoms with E-state index in [1.54, 1.807) is 13.8 Å². The summed E-state index contributed by atoms with van der Waals surface area (Å²) in [5.41, 5.74) is 2.06. The van der Waals surface area contributed by atoms with Crippen LogP contribution in [-0.4, -0.2) is 39.1 Å². The highest BCUT2D eigenvalue weighted by Crippen LogP contribution is 2.68. The first kappa shape index (κ1) is 29.3. The van der Waals surface area contributed by atoms with Gasteiger partial charge in [0.05, 0.1) is 17.9 Å². The van der Waals surface area contributed by atoms with Crippen LogP contribution >= 0.6 is 0 Å². The molecule has 0 aromatic carbocycles. The summed E-state index contributed by atoms with van der Waals surface area (Å²) in [5.74, 6) is 2.72. The van der Waals surface area contributed by atoms with E-state index in [1.165, 1.54) is 18.9 Å². The number of carbonyl (C=O) groups is 1. The van der Waals surface area contributed by atoms with Crippen molar-refractivity contribution in [1.82, 2.24) is 5.43 Å². The minimum atomic E-state index is -0.692. The molecule has 40 heavy (non-hydrogen) atoms. The maximum absolute atomic E-state index is 12.7. The fourth-order valence-electron chi connectivity index (χ4n) is 9.91. The summed E-state index contributed by atoms with van der Waals surface area (Å²) in [4.78, 5) is 24.8. The Kier molecular flexibility index (Phi) is 7.99. The zero-order valence-electron chi connectivity index (χ0n) is 24.8. The van der Waals surface area contributed by atoms with Crippen molar-refractivity contribution in [3.8, 4) is 5.75 Å². The molecule has 1 aromatic heterocycles. The molecular weight excluding hydrogens is 508 g/mol. The number of aromatic hydroxyl groups is 1. The normalized spacial score (nSPS) is 40.1. The SMILES string of the molecule is CC(=NNC(=O)CC[C@H](C)[C@@H]1CC[C@@H]2[C@@H]3CC[C@@H]4C[C@H](O)CC[C@]4(C)[C@@H]3C[C@H](O)[C@@]21C)c1c(O)cc(C)oc1=O. The highest BCUT2D eigenvalue weighted by Gasteiger charge is 2.63. The van der Waals surface area contributed by atoms with Crippen molar-refractivity contribution in [2.24, 2.45) is 51.4 Å². The number of aliphatic hydroxyl groups excluding tert-OH is 2. The van der Waals surface area contributed by atoms with Crippen LogP contribution in [0, 0.1) is 53.3 Å². The molecule has 4 aliphatic rings. The van der Waals surface area contributed by atoms with Gasteiger partial charge in [-0.05, 0) is 118 Å². The van der Waals surface area contributed by atoms with E-state index >= 15 is 0 Å². The maximum atomic E-state index is 12.7. The molecule has 1 aromatic rings. The van der Waals surface area contributed by atoms with Gasteiger partial charge in [0, 0.05) is 12.5 Å². The topological polar surface area (TPSA) is 132 Å². The van der Waals surface area contributed by atoms with Gasteiger partial charge in [0.25, 0.3) is 0 Å². The maximum Gasteiger partial charge on any atom is 0.348 e. The number of rotatable bonds is 6. The van der Waals surface area contributed by atoms with E-state index in [-0.39, 0.29) is 51.9 Å². The number of aryl methyl sites for hydroxylation is 1. The fourth-order valence-corrected chi connectivity index (χ4v) is 9.91. The Hall–Kier alpha value is -2.19. The largest absolute Gasteiger partial charge is 0.507 e. The molecule has 4 aliphatic carbocycles. The van der Waals surface area contributed by atoms with Gasteiger partial charge in [-0.2, -0.15) is 5.10 Å². The number of carbonyl (C=O) groups excluding carboxylic acids is 1. The molecule has 4 N–H and O–H groups in total. The van der Waals surface area contributed by atoms with Gasteiger partial charge in [-0.1, -0.05) is 20.8 Å². The van der Waals surface area contributed by atoms with Gasteiger partial charge in [0.2, 0.25) is 5.91 Å². The standard InChI is InChI=1S/C32H48N2O6/c1-17(6-11-28(38)34-33-19(3)29-26(36)14-18(2)40-30(29)39)23-9-10-24-22-8-7-20-15-21(35)12-13-31(20,4)25(22)16-27(37)32(23,24)5/h14,17,20-25,27,35-37H,6-13,15-16H2,1-5H3,(H,34,38)/t17-,20+,21+,22-,23-,24+,25+,27-,31-,32+/m0/s1. The van der Waals surface area contributed by atoms with Gasteiger partial charge in [-0.15, -0.1) is 0 Å². The highest BCUT2D eigenvalue weighted by molar-refractivity contribution is 6.01. The fraction of sp³-hybridized carbons (Fsp3) is 0.781. The van der Waals surface area contributed by atoms with E-state index in [9.17, 15) is 24.9 Å². The number of hydrazone groups is 1. The lowest BCUT2D eigenvalue weighted by Gasteiger charge is -2.62. The van der Waals surface area contributed by atoms with Gasteiger partial charge in [0.1, 0.15) is 17.1 Å². The zero-order valence-corrected chi connectivity index (χ0v) is 24.8. The third kappa shape index (κ3) is 4.93. The number of amides is 1. The molecule has 4 saturated carbocycles. The first-order chi connectivity index (χ1) is 18.9. The van der Waals surface area contributed by atoms with Crippen LogP contribution in [0.3, 0.4) is 0 Å². The molecule has 0 aliphatic heterocycles. The lowest BCUT2D eigenvalue weighted by atomic mass is 9.43. The van der Waals surface area contributed by atoms with E-state index in [1.807, 2.05) is 0 Å². The smallest absolute Gasteiger partial charge is 0.348 e. The Balaban J connectivity index is 1.22. The predicted molar refractivity (Wildman–Crippen MR) is 153 cm³/mol. The van der Waals surface area contributed by atoms with Crippen LogP contribution in [0.4, 0.5) is 0 Å². The second kappa shape index (κ2) is 10.9. The van der Waals surface area contributed by atoms with Crippen LogP contribution in [0.25, 0.3) is 0 Å². The Labute approximate surface area is 237 Å². The molecule has 5 rings (SSSR count). The summed E-state index contributed by atoms with van der Waals surface area (Å²) in [6, 6.07) is 1.35. The van der Waals surface area contributed by atoms with E-state index in [0.29, 0.717) is 48.2 Å². The van der Waals surface area contributed by atoms with E-state index in [4.69, 9.17) is 4.42 Å². The minimum absolute atomic E-state index is 0.0546. The lowest BCUT2D eigenvalue weighted by molar-refractivity contribution is -0.174. The first-order valence-corrected chi connectivity index (χ1v) is 15.4. The third-order valence-electron chi connectivity index (χ3n) is 12.1. The van der Waals surface area contributed by atoms with Crippen LogP contribution in [-0.2, 0) is 4.79 Å². The van der Waals surface area contributed by atoms with E-state index < -0.39 is 5.63 Å². The molecule has 0 radical (unpaired) electrons. The summed E-state index contributed by atoms with van der Waals surface area (Å²) in [5, 5.41) is 36.2. The van der Waals surface area contributed by atoms with Crippen molar-refractivity contribution in [2.45, 2.75) is 111 Å². The number of hydrogen-bond donors (Lipinski definition) is 4. The minimum Gasteiger partial charge on any atom is -0.507 e. The van der Waals surface area contributed by atoms with Gasteiger partial charge >= 0.3 is 5.63 Å². The molecule has 1 amide bonds. The second-order valence-electron chi connectivity index (χ2n) is 14.0. The molecule has 0 saturated heterocycles. The number of nitrogens with one attached hydrogen (secondary N) is 1. The second-order valence-corrected chi connectivity index (χ2v) is 14.0. The monoisotopic (exact) mass is 556 g/mol. The highest BCUT2D eigenvalue weighted by atomic mass is 16.4. The van der Waals surface area contributed by atoms with Gasteiger partial charge < -0.3 is 19.7 Å². The Morgan fingerprint density at radius 2 is 1.90 bits per heavy atom. The molecule has 222 valence electrons. The van der Waals surface area contributed by atoms with Crippen molar-refractivity contribution in [3.05, 3.63) is 27.8 Å². The van der Waals surface area contributed by atoms with Gasteiger partial charge in [-0.25, -0.2) is 10.2 Å². The average molecular weight is 557 g/mol. The Morgan fingerprint density at radius 1 is 1.15 bits per heavy atom. The summed E-state index contributed by atoms with van der Waals surface area (Å²) in [7, 11) is 0. The number of fused-ring (bicyclic) bond motifs is 5. The molecule has 4 fully saturated rings. The number of nitrogens with zero attached hydrogens (tertiary/aromatic N) is 1. The van der Waals surface area contributed by atoms with Crippen molar-refractivity contribution >= 4 is 11.6 Å². The molecule has 1 heterocycles. The molecule has 0 bridgehead atoms. The number of hydrogen-bond acceptors (Lipinski definition) is 7. The summed E-state index contributed by atoms with van der Waals surface area (Å²) in [6.45, 7) is 10.1. The average Bonchev–Trinajstić information content (AvgIpc) is 3.25. The van der Waals surface area contributed by atoms with Crippen LogP contribution in [0.2, 0.25) is 0 Å². The molecule has 8 heteroatoms. The molecular formula is C32H48N2O6. The van der Waals surface area contributed by atoms with Crippen molar-refractivity contribution in [2.75, 3.05) is 0 Å². The van der Waals surface area contributed by atoms with Gasteiger partial charge in [0.15, 0.2) is 0 Å². The van der Waals surface area contributed by atoms with Crippen LogP contribution in [0.15, 0.2) is 20.4 Å². The van der Waals surface area contributed by atoms with Gasteiger partial charge in [-0.3, -0.25) is 4.79 Å². The molecule has 10 atom stereocenters. The predicted octanol–water partition coefficient (Wildman–Crippen LogP) is 4.90. The summed E-state index contributed by atoms with van der Waals surface area (Å²) >= 11 is 0. The summed E-state index contributed by atoms with van der Waals surface area (Å²) < 4.78 is 5.04. The van der Waals surface area contributed by atoms with Crippen LogP contribution < -0.4 is 11.1 Å². The first-order valence-electron chi connectivity index (χ1n) is 15.4. The summed E-state index contributed by atoms with van der Waals surface area (Å²) in [6.07, 6.45) is 8.87. The third-order valence-corrected chi connectivity index (χ3v) is 12.1. The molecule has 0 unspecified atom stereocenters. The molecule has 8 nitrogen and oxygen atoms in total. The van der Waals surface area contributed by atoms with Crippen molar-refractivity contribution < 1.29 is 24.5 Å². The van der Waals surface area contributed by atoms with Crippen LogP contribution in [0.5, 0.6) is 5.75 Å². The van der Waals surface area contributed by atoms with E-state index in [2.05, 4.69) is 31.3 Å².